The summed E-state index contributed by atoms with van der Waals surface area (Å²) in [6.45, 7) is 3.54. The van der Waals surface area contributed by atoms with Crippen LogP contribution < -0.4 is 11.1 Å². The molecule has 1 saturated carbocycles. The van der Waals surface area contributed by atoms with E-state index in [1.807, 2.05) is 0 Å². The lowest BCUT2D eigenvalue weighted by Crippen LogP contribution is -2.24. The van der Waals surface area contributed by atoms with Crippen molar-refractivity contribution in [2.45, 2.75) is 57.5 Å². The molecule has 1 aromatic rings. The second kappa shape index (κ2) is 6.28. The third-order valence-electron chi connectivity index (χ3n) is 5.34. The summed E-state index contributed by atoms with van der Waals surface area (Å²) in [5.74, 6) is 1.91. The summed E-state index contributed by atoms with van der Waals surface area (Å²) in [6.07, 6.45) is 8.12. The van der Waals surface area contributed by atoms with Crippen molar-refractivity contribution in [2.24, 2.45) is 17.6 Å². The first-order valence-electron chi connectivity index (χ1n) is 8.32. The molecule has 0 bridgehead atoms. The molecule has 0 aliphatic heterocycles. The van der Waals surface area contributed by atoms with Crippen molar-refractivity contribution >= 4 is 0 Å². The maximum absolute atomic E-state index is 6.23. The monoisotopic (exact) mass is 272 g/mol. The van der Waals surface area contributed by atoms with Crippen LogP contribution in [0, 0.1) is 11.8 Å². The highest BCUT2D eigenvalue weighted by Gasteiger charge is 2.27. The van der Waals surface area contributed by atoms with Crippen molar-refractivity contribution in [3.63, 3.8) is 0 Å². The van der Waals surface area contributed by atoms with Gasteiger partial charge in [-0.15, -0.1) is 0 Å². The number of hydrogen-bond acceptors (Lipinski definition) is 2. The molecule has 1 aromatic carbocycles. The van der Waals surface area contributed by atoms with Gasteiger partial charge in [0.1, 0.15) is 0 Å². The van der Waals surface area contributed by atoms with Gasteiger partial charge in [-0.05, 0) is 42.3 Å². The summed E-state index contributed by atoms with van der Waals surface area (Å²) >= 11 is 0. The molecule has 0 heterocycles. The molecule has 2 aliphatic rings. The maximum Gasteiger partial charge on any atom is 0.0341 e. The van der Waals surface area contributed by atoms with Gasteiger partial charge < -0.3 is 11.1 Å². The van der Waals surface area contributed by atoms with E-state index in [1.165, 1.54) is 43.2 Å². The first kappa shape index (κ1) is 14.1. The zero-order chi connectivity index (χ0) is 13.9. The fourth-order valence-corrected chi connectivity index (χ4v) is 3.95. The van der Waals surface area contributed by atoms with E-state index in [-0.39, 0.29) is 6.04 Å². The van der Waals surface area contributed by atoms with Gasteiger partial charge in [0.2, 0.25) is 0 Å². The first-order valence-corrected chi connectivity index (χ1v) is 8.32. The summed E-state index contributed by atoms with van der Waals surface area (Å²) in [5, 5.41) is 3.75. The minimum absolute atomic E-state index is 0.222. The second-order valence-corrected chi connectivity index (χ2v) is 6.89. The second-order valence-electron chi connectivity index (χ2n) is 6.89. The molecule has 3 rings (SSSR count). The van der Waals surface area contributed by atoms with E-state index in [0.717, 1.165) is 24.8 Å². The standard InChI is InChI=1S/C18H28N2/c1-13-6-8-14(9-7-13)10-11-20-18-12-17(19)15-4-2-3-5-16(15)18/h2-5,13-14,17-18,20H,6-12,19H2,1H3. The van der Waals surface area contributed by atoms with Crippen molar-refractivity contribution in [2.75, 3.05) is 6.54 Å². The number of benzene rings is 1. The van der Waals surface area contributed by atoms with Gasteiger partial charge >= 0.3 is 0 Å². The van der Waals surface area contributed by atoms with E-state index in [4.69, 9.17) is 5.73 Å². The van der Waals surface area contributed by atoms with Gasteiger partial charge in [-0.3, -0.25) is 0 Å². The Labute approximate surface area is 123 Å². The first-order chi connectivity index (χ1) is 9.74. The number of fused-ring (bicyclic) bond motifs is 1. The molecule has 3 N–H and O–H groups in total. The van der Waals surface area contributed by atoms with E-state index in [1.54, 1.807) is 0 Å². The lowest BCUT2D eigenvalue weighted by atomic mass is 9.81. The van der Waals surface area contributed by atoms with Crippen LogP contribution in [0.4, 0.5) is 0 Å². The van der Waals surface area contributed by atoms with E-state index < -0.39 is 0 Å². The molecule has 0 saturated heterocycles. The number of nitrogens with one attached hydrogen (secondary N) is 1. The van der Waals surface area contributed by atoms with Crippen LogP contribution in [0.15, 0.2) is 24.3 Å². The third-order valence-corrected chi connectivity index (χ3v) is 5.34. The average Bonchev–Trinajstić information content (AvgIpc) is 2.79. The lowest BCUT2D eigenvalue weighted by molar-refractivity contribution is 0.272. The average molecular weight is 272 g/mol. The molecule has 2 nitrogen and oxygen atoms in total. The summed E-state index contributed by atoms with van der Waals surface area (Å²) in [7, 11) is 0. The Morgan fingerprint density at radius 3 is 2.55 bits per heavy atom. The summed E-state index contributed by atoms with van der Waals surface area (Å²) < 4.78 is 0. The summed E-state index contributed by atoms with van der Waals surface area (Å²) in [4.78, 5) is 0. The van der Waals surface area contributed by atoms with Gasteiger partial charge in [0, 0.05) is 12.1 Å². The van der Waals surface area contributed by atoms with Crippen molar-refractivity contribution in [1.82, 2.24) is 5.32 Å². The Hall–Kier alpha value is -0.860. The number of nitrogens with two attached hydrogens (primary N) is 1. The molecule has 0 spiro atoms. The van der Waals surface area contributed by atoms with Gasteiger partial charge in [0.25, 0.3) is 0 Å². The van der Waals surface area contributed by atoms with Crippen LogP contribution in [0.2, 0.25) is 0 Å². The van der Waals surface area contributed by atoms with Crippen LogP contribution >= 0.6 is 0 Å². The predicted octanol–water partition coefficient (Wildman–Crippen LogP) is 3.94. The van der Waals surface area contributed by atoms with Crippen molar-refractivity contribution < 1.29 is 0 Å². The minimum Gasteiger partial charge on any atom is -0.324 e. The predicted molar refractivity (Wildman–Crippen MR) is 84.5 cm³/mol. The molecule has 20 heavy (non-hydrogen) atoms. The molecule has 2 atom stereocenters. The third kappa shape index (κ3) is 3.07. The zero-order valence-electron chi connectivity index (χ0n) is 12.6. The quantitative estimate of drug-likeness (QED) is 0.871. The minimum atomic E-state index is 0.222. The van der Waals surface area contributed by atoms with Crippen molar-refractivity contribution in [3.05, 3.63) is 35.4 Å². The topological polar surface area (TPSA) is 38.0 Å². The number of hydrogen-bond donors (Lipinski definition) is 2. The Bertz CT molecular complexity index is 435. The van der Waals surface area contributed by atoms with Crippen LogP contribution in [0.25, 0.3) is 0 Å². The Kier molecular flexibility index (Phi) is 4.42. The smallest absolute Gasteiger partial charge is 0.0341 e. The Morgan fingerprint density at radius 2 is 1.80 bits per heavy atom. The molecular formula is C18H28N2. The van der Waals surface area contributed by atoms with Crippen LogP contribution in [-0.2, 0) is 0 Å². The molecule has 110 valence electrons. The van der Waals surface area contributed by atoms with Gasteiger partial charge in [-0.25, -0.2) is 0 Å². The maximum atomic E-state index is 6.23. The van der Waals surface area contributed by atoms with Crippen LogP contribution in [0.1, 0.15) is 68.7 Å². The molecule has 2 unspecified atom stereocenters. The lowest BCUT2D eigenvalue weighted by Gasteiger charge is -2.26. The molecule has 0 amide bonds. The van der Waals surface area contributed by atoms with E-state index in [9.17, 15) is 0 Å². The molecule has 0 radical (unpaired) electrons. The van der Waals surface area contributed by atoms with Gasteiger partial charge in [0.05, 0.1) is 0 Å². The zero-order valence-corrected chi connectivity index (χ0v) is 12.6. The number of rotatable bonds is 4. The van der Waals surface area contributed by atoms with Gasteiger partial charge in [0.15, 0.2) is 0 Å². The Morgan fingerprint density at radius 1 is 1.10 bits per heavy atom. The Balaban J connectivity index is 1.48. The fourth-order valence-electron chi connectivity index (χ4n) is 3.95. The highest BCUT2D eigenvalue weighted by molar-refractivity contribution is 5.37. The van der Waals surface area contributed by atoms with Gasteiger partial charge in [-0.1, -0.05) is 56.9 Å². The highest BCUT2D eigenvalue weighted by Crippen LogP contribution is 2.37. The van der Waals surface area contributed by atoms with Crippen LogP contribution in [0.3, 0.4) is 0 Å². The van der Waals surface area contributed by atoms with E-state index in [0.29, 0.717) is 6.04 Å². The van der Waals surface area contributed by atoms with Crippen LogP contribution in [0.5, 0.6) is 0 Å². The highest BCUT2D eigenvalue weighted by atomic mass is 14.9. The molecule has 1 fully saturated rings. The van der Waals surface area contributed by atoms with Gasteiger partial charge in [-0.2, -0.15) is 0 Å². The van der Waals surface area contributed by atoms with E-state index >= 15 is 0 Å². The van der Waals surface area contributed by atoms with Crippen molar-refractivity contribution in [3.8, 4) is 0 Å². The SMILES string of the molecule is CC1CCC(CCNC2CC(N)c3ccccc32)CC1. The normalized spacial score (nSPS) is 33.1. The summed E-state index contributed by atoms with van der Waals surface area (Å²) in [5.41, 5.74) is 9.00. The molecule has 0 aromatic heterocycles. The molecule has 2 heteroatoms. The fraction of sp³-hybridized carbons (Fsp3) is 0.667. The van der Waals surface area contributed by atoms with Crippen LogP contribution in [-0.4, -0.2) is 6.54 Å². The van der Waals surface area contributed by atoms with Crippen molar-refractivity contribution in [1.29, 1.82) is 0 Å². The van der Waals surface area contributed by atoms with E-state index in [2.05, 4.69) is 36.5 Å². The summed E-state index contributed by atoms with van der Waals surface area (Å²) in [6, 6.07) is 9.35. The largest absolute Gasteiger partial charge is 0.324 e. The molecular weight excluding hydrogens is 244 g/mol. The molecule has 2 aliphatic carbocycles.